The number of hydrogen-bond acceptors (Lipinski definition) is 5. The van der Waals surface area contributed by atoms with Gasteiger partial charge in [0.25, 0.3) is 0 Å². The minimum atomic E-state index is -0.643. The highest BCUT2D eigenvalue weighted by atomic mass is 79.9. The van der Waals surface area contributed by atoms with Gasteiger partial charge in [0.05, 0.1) is 0 Å². The van der Waals surface area contributed by atoms with Crippen LogP contribution in [0.1, 0.15) is 16.7 Å². The lowest BCUT2D eigenvalue weighted by molar-refractivity contribution is -0.146. The van der Waals surface area contributed by atoms with Gasteiger partial charge in [0.1, 0.15) is 5.75 Å². The molecule has 0 aliphatic carbocycles. The van der Waals surface area contributed by atoms with Crippen LogP contribution in [0.4, 0.5) is 0 Å². The molecule has 1 heterocycles. The molecule has 7 heteroatoms. The van der Waals surface area contributed by atoms with Crippen molar-refractivity contribution in [3.63, 3.8) is 0 Å². The number of aryl methyl sites for hydroxylation is 2. The number of rotatable bonds is 5. The van der Waals surface area contributed by atoms with Crippen molar-refractivity contribution < 1.29 is 14.4 Å². The van der Waals surface area contributed by atoms with Crippen molar-refractivity contribution in [2.24, 2.45) is 10.9 Å². The molecule has 0 atom stereocenters. The first-order valence-electron chi connectivity index (χ1n) is 6.80. The highest BCUT2D eigenvalue weighted by molar-refractivity contribution is 9.10. The molecule has 23 heavy (non-hydrogen) atoms. The molecule has 2 N–H and O–H groups in total. The molecule has 0 aliphatic heterocycles. The van der Waals surface area contributed by atoms with E-state index in [-0.39, 0.29) is 12.4 Å². The molecule has 0 spiro atoms. The van der Waals surface area contributed by atoms with Crippen molar-refractivity contribution in [1.82, 2.24) is 4.98 Å². The molecular weight excluding hydrogens is 362 g/mol. The van der Waals surface area contributed by atoms with Crippen molar-refractivity contribution in [2.45, 2.75) is 13.8 Å². The fourth-order valence-corrected chi connectivity index (χ4v) is 2.05. The third kappa shape index (κ3) is 4.79. The van der Waals surface area contributed by atoms with E-state index in [4.69, 9.17) is 15.3 Å². The number of nitrogens with two attached hydrogens (primary N) is 1. The standard InChI is InChI=1S/C16H16BrN3O3/c1-10-6-13(7-11(2)15(10)17)22-9-14(21)23-20-16(18)12-4-3-5-19-8-12/h3-8H,9H2,1-2H3,(H2,18,20). The molecule has 1 aromatic heterocycles. The number of amidine groups is 1. The Labute approximate surface area is 142 Å². The monoisotopic (exact) mass is 377 g/mol. The van der Waals surface area contributed by atoms with Crippen molar-refractivity contribution >= 4 is 27.7 Å². The van der Waals surface area contributed by atoms with Gasteiger partial charge in [-0.2, -0.15) is 0 Å². The minimum absolute atomic E-state index is 0.0711. The Morgan fingerprint density at radius 3 is 2.65 bits per heavy atom. The SMILES string of the molecule is Cc1cc(OCC(=O)ON=C(N)c2cccnc2)cc(C)c1Br. The lowest BCUT2D eigenvalue weighted by atomic mass is 10.1. The quantitative estimate of drug-likeness (QED) is 0.374. The Bertz CT molecular complexity index is 710. The van der Waals surface area contributed by atoms with Gasteiger partial charge in [-0.05, 0) is 49.2 Å². The largest absolute Gasteiger partial charge is 0.482 e. The highest BCUT2D eigenvalue weighted by Gasteiger charge is 2.08. The van der Waals surface area contributed by atoms with E-state index in [2.05, 4.69) is 26.1 Å². The Hall–Kier alpha value is -2.41. The molecule has 0 aliphatic rings. The summed E-state index contributed by atoms with van der Waals surface area (Å²) in [5.41, 5.74) is 8.30. The van der Waals surface area contributed by atoms with E-state index in [9.17, 15) is 4.79 Å². The van der Waals surface area contributed by atoms with Gasteiger partial charge in [-0.15, -0.1) is 0 Å². The first-order chi connectivity index (χ1) is 11.0. The number of carbonyl (C=O) groups is 1. The molecule has 0 unspecified atom stereocenters. The zero-order chi connectivity index (χ0) is 16.8. The molecule has 0 fully saturated rings. The second-order valence-electron chi connectivity index (χ2n) is 4.84. The molecule has 1 aromatic carbocycles. The number of carbonyl (C=O) groups excluding carboxylic acids is 1. The lowest BCUT2D eigenvalue weighted by Crippen LogP contribution is -2.18. The Morgan fingerprint density at radius 2 is 2.04 bits per heavy atom. The van der Waals surface area contributed by atoms with Crippen LogP contribution in [0.2, 0.25) is 0 Å². The summed E-state index contributed by atoms with van der Waals surface area (Å²) in [4.78, 5) is 20.3. The maximum Gasteiger partial charge on any atom is 0.372 e. The van der Waals surface area contributed by atoms with Crippen LogP contribution >= 0.6 is 15.9 Å². The molecule has 0 saturated carbocycles. The third-order valence-corrected chi connectivity index (χ3v) is 4.22. The zero-order valence-electron chi connectivity index (χ0n) is 12.7. The number of hydrogen-bond donors (Lipinski definition) is 1. The summed E-state index contributed by atoms with van der Waals surface area (Å²) in [5, 5.41) is 3.57. The zero-order valence-corrected chi connectivity index (χ0v) is 14.3. The van der Waals surface area contributed by atoms with Crippen LogP contribution < -0.4 is 10.5 Å². The van der Waals surface area contributed by atoms with Crippen LogP contribution in [0.15, 0.2) is 46.3 Å². The van der Waals surface area contributed by atoms with Crippen LogP contribution in [0.3, 0.4) is 0 Å². The summed E-state index contributed by atoms with van der Waals surface area (Å²) in [6.45, 7) is 3.63. The first-order valence-corrected chi connectivity index (χ1v) is 7.60. The van der Waals surface area contributed by atoms with Gasteiger partial charge in [0.2, 0.25) is 0 Å². The van der Waals surface area contributed by atoms with Crippen molar-refractivity contribution in [3.05, 3.63) is 57.8 Å². The molecule has 6 nitrogen and oxygen atoms in total. The van der Waals surface area contributed by atoms with Gasteiger partial charge in [-0.1, -0.05) is 21.1 Å². The summed E-state index contributed by atoms with van der Waals surface area (Å²) in [5.74, 6) is 0.0150. The predicted octanol–water partition coefficient (Wildman–Crippen LogP) is 2.70. The Balaban J connectivity index is 1.91. The summed E-state index contributed by atoms with van der Waals surface area (Å²) in [7, 11) is 0. The molecular formula is C16H16BrN3O3. The number of aromatic nitrogens is 1. The van der Waals surface area contributed by atoms with Crippen LogP contribution in [0.25, 0.3) is 0 Å². The fraction of sp³-hybridized carbons (Fsp3) is 0.188. The van der Waals surface area contributed by atoms with Gasteiger partial charge >= 0.3 is 5.97 Å². The smallest absolute Gasteiger partial charge is 0.372 e. The molecule has 0 bridgehead atoms. The van der Waals surface area contributed by atoms with Crippen LogP contribution in [-0.2, 0) is 9.63 Å². The summed E-state index contributed by atoms with van der Waals surface area (Å²) in [6.07, 6.45) is 3.13. The number of nitrogens with zero attached hydrogens (tertiary/aromatic N) is 2. The van der Waals surface area contributed by atoms with Crippen molar-refractivity contribution in [2.75, 3.05) is 6.61 Å². The van der Waals surface area contributed by atoms with Gasteiger partial charge in [0, 0.05) is 22.4 Å². The number of halogens is 1. The van der Waals surface area contributed by atoms with E-state index in [1.807, 2.05) is 26.0 Å². The molecule has 2 rings (SSSR count). The van der Waals surface area contributed by atoms with E-state index >= 15 is 0 Å². The second kappa shape index (κ2) is 7.73. The molecule has 0 radical (unpaired) electrons. The van der Waals surface area contributed by atoms with E-state index < -0.39 is 5.97 Å². The topological polar surface area (TPSA) is 86.8 Å². The number of benzene rings is 1. The number of ether oxygens (including phenoxy) is 1. The van der Waals surface area contributed by atoms with Gasteiger partial charge in [-0.3, -0.25) is 4.98 Å². The average Bonchev–Trinajstić information content (AvgIpc) is 2.56. The second-order valence-corrected chi connectivity index (χ2v) is 5.63. The highest BCUT2D eigenvalue weighted by Crippen LogP contribution is 2.26. The van der Waals surface area contributed by atoms with Crippen molar-refractivity contribution in [1.29, 1.82) is 0 Å². The maximum absolute atomic E-state index is 11.7. The van der Waals surface area contributed by atoms with E-state index in [1.165, 1.54) is 6.20 Å². The maximum atomic E-state index is 11.7. The van der Waals surface area contributed by atoms with Crippen LogP contribution in [-0.4, -0.2) is 23.4 Å². The summed E-state index contributed by atoms with van der Waals surface area (Å²) >= 11 is 3.47. The fourth-order valence-electron chi connectivity index (χ4n) is 1.83. The summed E-state index contributed by atoms with van der Waals surface area (Å²) < 4.78 is 6.42. The van der Waals surface area contributed by atoms with E-state index in [0.29, 0.717) is 11.3 Å². The molecule has 2 aromatic rings. The summed E-state index contributed by atoms with van der Waals surface area (Å²) in [6, 6.07) is 7.08. The molecule has 120 valence electrons. The Kier molecular flexibility index (Phi) is 5.70. The van der Waals surface area contributed by atoms with Crippen LogP contribution in [0.5, 0.6) is 5.75 Å². The average molecular weight is 378 g/mol. The van der Waals surface area contributed by atoms with Crippen molar-refractivity contribution in [3.8, 4) is 5.75 Å². The normalized spacial score (nSPS) is 11.2. The Morgan fingerprint density at radius 1 is 1.35 bits per heavy atom. The van der Waals surface area contributed by atoms with Crippen LogP contribution in [0, 0.1) is 13.8 Å². The number of oxime groups is 1. The lowest BCUT2D eigenvalue weighted by Gasteiger charge is -2.09. The molecule has 0 saturated heterocycles. The number of pyridine rings is 1. The third-order valence-electron chi connectivity index (χ3n) is 2.97. The molecule has 0 amide bonds. The predicted molar refractivity (Wildman–Crippen MR) is 90.2 cm³/mol. The van der Waals surface area contributed by atoms with Gasteiger partial charge < -0.3 is 15.3 Å². The van der Waals surface area contributed by atoms with E-state index in [1.54, 1.807) is 18.3 Å². The van der Waals surface area contributed by atoms with Gasteiger partial charge in [-0.25, -0.2) is 4.79 Å². The first kappa shape index (κ1) is 17.0. The van der Waals surface area contributed by atoms with E-state index in [0.717, 1.165) is 15.6 Å². The minimum Gasteiger partial charge on any atom is -0.482 e. The van der Waals surface area contributed by atoms with Gasteiger partial charge in [0.15, 0.2) is 12.4 Å².